The zero-order valence-corrected chi connectivity index (χ0v) is 20.6. The first-order valence-electron chi connectivity index (χ1n) is 10.7. The van der Waals surface area contributed by atoms with Crippen LogP contribution in [0.25, 0.3) is 6.08 Å². The molecule has 7 heteroatoms. The summed E-state index contributed by atoms with van der Waals surface area (Å²) in [7, 11) is 4.69. The number of anilines is 1. The second-order valence-electron chi connectivity index (χ2n) is 7.78. The minimum Gasteiger partial charge on any atom is -0.493 e. The number of ether oxygens (including phenoxy) is 3. The van der Waals surface area contributed by atoms with Crippen LogP contribution in [0.3, 0.4) is 0 Å². The van der Waals surface area contributed by atoms with Crippen LogP contribution in [0.5, 0.6) is 17.2 Å². The van der Waals surface area contributed by atoms with Crippen molar-refractivity contribution in [1.82, 2.24) is 0 Å². The number of amides is 1. The molecule has 1 aliphatic rings. The van der Waals surface area contributed by atoms with Crippen LogP contribution in [0.1, 0.15) is 16.7 Å². The monoisotopic (exact) mass is 474 g/mol. The summed E-state index contributed by atoms with van der Waals surface area (Å²) in [6.45, 7) is 4.04. The molecule has 0 atom stereocenters. The smallest absolute Gasteiger partial charge is 0.271 e. The maximum atomic E-state index is 13.6. The van der Waals surface area contributed by atoms with Crippen molar-refractivity contribution in [3.63, 3.8) is 0 Å². The Morgan fingerprint density at radius 3 is 1.91 bits per heavy atom. The van der Waals surface area contributed by atoms with E-state index >= 15 is 0 Å². The predicted molar refractivity (Wildman–Crippen MR) is 139 cm³/mol. The summed E-state index contributed by atoms with van der Waals surface area (Å²) in [5.41, 5.74) is 4.57. The normalized spacial score (nSPS) is 15.8. The maximum absolute atomic E-state index is 13.6. The molecule has 0 saturated carbocycles. The molecule has 1 aliphatic heterocycles. The third kappa shape index (κ3) is 4.79. The van der Waals surface area contributed by atoms with Crippen molar-refractivity contribution in [3.05, 3.63) is 82.3 Å². The molecule has 3 aromatic carbocycles. The van der Waals surface area contributed by atoms with Gasteiger partial charge >= 0.3 is 0 Å². The number of hydrogen-bond acceptors (Lipinski definition) is 6. The van der Waals surface area contributed by atoms with Gasteiger partial charge in [-0.3, -0.25) is 9.69 Å². The molecule has 6 nitrogen and oxygen atoms in total. The molecule has 3 aromatic rings. The van der Waals surface area contributed by atoms with Gasteiger partial charge in [0.05, 0.1) is 37.6 Å². The minimum absolute atomic E-state index is 0.145. The van der Waals surface area contributed by atoms with Crippen molar-refractivity contribution in [2.24, 2.45) is 4.99 Å². The number of hydrogen-bond donors (Lipinski definition) is 0. The number of carbonyl (C=O) groups excluding carboxylic acids is 1. The van der Waals surface area contributed by atoms with Gasteiger partial charge in [-0.05, 0) is 73.6 Å². The lowest BCUT2D eigenvalue weighted by atomic mass is 10.1. The molecule has 0 aliphatic carbocycles. The quantitative estimate of drug-likeness (QED) is 0.402. The lowest BCUT2D eigenvalue weighted by Gasteiger charge is -2.16. The minimum atomic E-state index is -0.145. The molecule has 0 N–H and O–H groups in total. The number of benzene rings is 3. The Kier molecular flexibility index (Phi) is 6.93. The summed E-state index contributed by atoms with van der Waals surface area (Å²) in [6, 6.07) is 19.4. The molecule has 1 amide bonds. The zero-order chi connectivity index (χ0) is 24.2. The van der Waals surface area contributed by atoms with Crippen molar-refractivity contribution >= 4 is 40.3 Å². The largest absolute Gasteiger partial charge is 0.493 e. The Balaban J connectivity index is 1.79. The van der Waals surface area contributed by atoms with Crippen LogP contribution in [-0.2, 0) is 4.79 Å². The van der Waals surface area contributed by atoms with E-state index in [9.17, 15) is 4.79 Å². The summed E-state index contributed by atoms with van der Waals surface area (Å²) >= 11 is 1.33. The van der Waals surface area contributed by atoms with Crippen molar-refractivity contribution in [1.29, 1.82) is 0 Å². The first-order valence-corrected chi connectivity index (χ1v) is 11.5. The molecular weight excluding hydrogens is 448 g/mol. The van der Waals surface area contributed by atoms with Gasteiger partial charge in [-0.15, -0.1) is 0 Å². The highest BCUT2D eigenvalue weighted by Crippen LogP contribution is 2.41. The molecule has 0 radical (unpaired) electrons. The molecular formula is C27H26N2O4S. The Bertz CT molecular complexity index is 1240. The third-order valence-corrected chi connectivity index (χ3v) is 6.31. The van der Waals surface area contributed by atoms with Crippen LogP contribution in [-0.4, -0.2) is 32.4 Å². The van der Waals surface area contributed by atoms with E-state index in [1.807, 2.05) is 80.6 Å². The highest BCUT2D eigenvalue weighted by atomic mass is 32.2. The standard InChI is InChI=1S/C27H26N2O4S/c1-17-6-10-20(11-7-17)28-27-29(21-12-8-18(2)9-13-21)26(30)24(34-27)16-19-14-22(31-3)25(33-5)23(15-19)32-4/h6-16H,1-5H3. The fourth-order valence-corrected chi connectivity index (χ4v) is 4.54. The molecule has 0 spiro atoms. The van der Waals surface area contributed by atoms with Crippen molar-refractivity contribution in [2.75, 3.05) is 26.2 Å². The van der Waals surface area contributed by atoms with Crippen LogP contribution in [0.4, 0.5) is 11.4 Å². The summed E-state index contributed by atoms with van der Waals surface area (Å²) in [4.78, 5) is 20.5. The molecule has 0 bridgehead atoms. The van der Waals surface area contributed by atoms with E-state index in [0.717, 1.165) is 28.1 Å². The van der Waals surface area contributed by atoms with E-state index in [1.165, 1.54) is 11.8 Å². The number of rotatable bonds is 6. The molecule has 0 aromatic heterocycles. The molecule has 0 unspecified atom stereocenters. The number of thioether (sulfide) groups is 1. The highest BCUT2D eigenvalue weighted by molar-refractivity contribution is 8.19. The van der Waals surface area contributed by atoms with Crippen LogP contribution in [0, 0.1) is 13.8 Å². The van der Waals surface area contributed by atoms with Gasteiger partial charge in [0, 0.05) is 0 Å². The zero-order valence-electron chi connectivity index (χ0n) is 19.8. The number of amidine groups is 1. The fourth-order valence-electron chi connectivity index (χ4n) is 3.54. The highest BCUT2D eigenvalue weighted by Gasteiger charge is 2.35. The number of aliphatic imine (C=N–C) groups is 1. The fraction of sp³-hybridized carbons (Fsp3) is 0.185. The number of methoxy groups -OCH3 is 3. The molecule has 1 fully saturated rings. The van der Waals surface area contributed by atoms with Crippen LogP contribution < -0.4 is 19.1 Å². The van der Waals surface area contributed by atoms with Crippen LogP contribution >= 0.6 is 11.8 Å². The van der Waals surface area contributed by atoms with Crippen molar-refractivity contribution < 1.29 is 19.0 Å². The number of nitrogens with zero attached hydrogens (tertiary/aromatic N) is 2. The van der Waals surface area contributed by atoms with E-state index in [2.05, 4.69) is 0 Å². The van der Waals surface area contributed by atoms with E-state index in [4.69, 9.17) is 19.2 Å². The van der Waals surface area contributed by atoms with E-state index in [0.29, 0.717) is 27.3 Å². The van der Waals surface area contributed by atoms with Gasteiger partial charge in [0.15, 0.2) is 16.7 Å². The van der Waals surface area contributed by atoms with Gasteiger partial charge in [0.25, 0.3) is 5.91 Å². The first kappa shape index (κ1) is 23.4. The maximum Gasteiger partial charge on any atom is 0.271 e. The SMILES string of the molecule is COc1cc(C=C2SC(=Nc3ccc(C)cc3)N(c3ccc(C)cc3)C2=O)cc(OC)c1OC. The van der Waals surface area contributed by atoms with Gasteiger partial charge in [0.2, 0.25) is 5.75 Å². The molecule has 4 rings (SSSR count). The number of carbonyl (C=O) groups is 1. The van der Waals surface area contributed by atoms with E-state index in [1.54, 1.807) is 26.2 Å². The summed E-state index contributed by atoms with van der Waals surface area (Å²) in [6.07, 6.45) is 1.82. The summed E-state index contributed by atoms with van der Waals surface area (Å²) in [5, 5.41) is 0.594. The summed E-state index contributed by atoms with van der Waals surface area (Å²) in [5.74, 6) is 1.40. The molecule has 1 heterocycles. The summed E-state index contributed by atoms with van der Waals surface area (Å²) < 4.78 is 16.3. The lowest BCUT2D eigenvalue weighted by Crippen LogP contribution is -2.28. The van der Waals surface area contributed by atoms with Gasteiger partial charge < -0.3 is 14.2 Å². The van der Waals surface area contributed by atoms with Crippen LogP contribution in [0.2, 0.25) is 0 Å². The second-order valence-corrected chi connectivity index (χ2v) is 8.78. The average molecular weight is 475 g/mol. The molecule has 34 heavy (non-hydrogen) atoms. The Morgan fingerprint density at radius 1 is 0.824 bits per heavy atom. The van der Waals surface area contributed by atoms with Crippen molar-refractivity contribution in [3.8, 4) is 17.2 Å². The van der Waals surface area contributed by atoms with Gasteiger partial charge in [0.1, 0.15) is 0 Å². The van der Waals surface area contributed by atoms with E-state index < -0.39 is 0 Å². The van der Waals surface area contributed by atoms with Crippen molar-refractivity contribution in [2.45, 2.75) is 13.8 Å². The number of aryl methyl sites for hydroxylation is 2. The van der Waals surface area contributed by atoms with Gasteiger partial charge in [-0.2, -0.15) is 0 Å². The van der Waals surface area contributed by atoms with Crippen LogP contribution in [0.15, 0.2) is 70.6 Å². The Labute approximate surface area is 203 Å². The first-order chi connectivity index (χ1) is 16.4. The van der Waals surface area contributed by atoms with Gasteiger partial charge in [-0.25, -0.2) is 4.99 Å². The molecule has 1 saturated heterocycles. The lowest BCUT2D eigenvalue weighted by molar-refractivity contribution is -0.113. The Morgan fingerprint density at radius 2 is 1.38 bits per heavy atom. The Hall–Kier alpha value is -3.71. The van der Waals surface area contributed by atoms with E-state index in [-0.39, 0.29) is 5.91 Å². The second kappa shape index (κ2) is 10.1. The average Bonchev–Trinajstić information content (AvgIpc) is 3.14. The third-order valence-electron chi connectivity index (χ3n) is 5.34. The topological polar surface area (TPSA) is 60.4 Å². The van der Waals surface area contributed by atoms with Gasteiger partial charge in [-0.1, -0.05) is 35.4 Å². The molecule has 174 valence electrons. The predicted octanol–water partition coefficient (Wildman–Crippen LogP) is 6.14.